The number of ether oxygens (including phenoxy) is 2. The first-order valence-electron chi connectivity index (χ1n) is 5.77. The van der Waals surface area contributed by atoms with E-state index in [4.69, 9.17) is 9.47 Å². The Balaban J connectivity index is 0.00000112. The van der Waals surface area contributed by atoms with Crippen molar-refractivity contribution in [2.75, 3.05) is 20.2 Å². The van der Waals surface area contributed by atoms with E-state index in [9.17, 15) is 0 Å². The molecular formula is C11H22ClNO2. The Bertz CT molecular complexity index is 174. The number of nitrogens with one attached hydrogen (secondary N) is 1. The number of rotatable bonds is 3. The minimum atomic E-state index is 0. The van der Waals surface area contributed by atoms with Crippen molar-refractivity contribution >= 4 is 12.4 Å². The number of hydrogen-bond donors (Lipinski definition) is 1. The lowest BCUT2D eigenvalue weighted by Crippen LogP contribution is -2.31. The number of halogens is 1. The molecule has 2 aliphatic rings. The molecule has 0 radical (unpaired) electrons. The second-order valence-electron chi connectivity index (χ2n) is 4.40. The molecule has 4 heteroatoms. The third kappa shape index (κ3) is 3.91. The summed E-state index contributed by atoms with van der Waals surface area (Å²) in [6.07, 6.45) is 7.28. The predicted octanol–water partition coefficient (Wildman–Crippen LogP) is 1.74. The maximum absolute atomic E-state index is 6.04. The van der Waals surface area contributed by atoms with Crippen molar-refractivity contribution in [2.45, 2.75) is 50.4 Å². The minimum Gasteiger partial charge on any atom is -0.381 e. The summed E-state index contributed by atoms with van der Waals surface area (Å²) in [4.78, 5) is 0. The topological polar surface area (TPSA) is 30.5 Å². The fourth-order valence-electron chi connectivity index (χ4n) is 2.46. The summed E-state index contributed by atoms with van der Waals surface area (Å²) in [6.45, 7) is 2.15. The molecule has 0 aromatic carbocycles. The number of hydrogen-bond acceptors (Lipinski definition) is 3. The number of methoxy groups -OCH3 is 1. The van der Waals surface area contributed by atoms with Crippen molar-refractivity contribution in [1.29, 1.82) is 0 Å². The molecule has 1 aliphatic heterocycles. The van der Waals surface area contributed by atoms with Gasteiger partial charge in [-0.25, -0.2) is 0 Å². The SMILES string of the molecule is COC1CCCC(OC2CCNC2)C1.Cl. The molecule has 0 amide bonds. The van der Waals surface area contributed by atoms with Crippen LogP contribution in [0.1, 0.15) is 32.1 Å². The predicted molar refractivity (Wildman–Crippen MR) is 62.7 cm³/mol. The zero-order chi connectivity index (χ0) is 9.80. The summed E-state index contributed by atoms with van der Waals surface area (Å²) < 4.78 is 11.4. The summed E-state index contributed by atoms with van der Waals surface area (Å²) in [6, 6.07) is 0. The van der Waals surface area contributed by atoms with Gasteiger partial charge in [0, 0.05) is 13.7 Å². The standard InChI is InChI=1S/C11H21NO2.ClH/c1-13-9-3-2-4-10(7-9)14-11-5-6-12-8-11;/h9-12H,2-8H2,1H3;1H. The van der Waals surface area contributed by atoms with Crippen LogP contribution in [-0.4, -0.2) is 38.5 Å². The Morgan fingerprint density at radius 2 is 1.87 bits per heavy atom. The van der Waals surface area contributed by atoms with Gasteiger partial charge in [0.15, 0.2) is 0 Å². The van der Waals surface area contributed by atoms with Gasteiger partial charge in [-0.1, -0.05) is 0 Å². The molecule has 90 valence electrons. The van der Waals surface area contributed by atoms with Crippen molar-refractivity contribution in [3.8, 4) is 0 Å². The van der Waals surface area contributed by atoms with Gasteiger partial charge in [0.25, 0.3) is 0 Å². The Kier molecular flexibility index (Phi) is 5.90. The summed E-state index contributed by atoms with van der Waals surface area (Å²) in [5.74, 6) is 0. The van der Waals surface area contributed by atoms with Crippen LogP contribution in [0.2, 0.25) is 0 Å². The molecule has 1 aliphatic carbocycles. The molecule has 1 N–H and O–H groups in total. The maximum Gasteiger partial charge on any atom is 0.0715 e. The first-order valence-corrected chi connectivity index (χ1v) is 5.77. The molecular weight excluding hydrogens is 214 g/mol. The van der Waals surface area contributed by atoms with Gasteiger partial charge in [-0.05, 0) is 38.6 Å². The maximum atomic E-state index is 6.04. The Hall–Kier alpha value is 0.170. The average Bonchev–Trinajstić information content (AvgIpc) is 2.71. The van der Waals surface area contributed by atoms with E-state index < -0.39 is 0 Å². The van der Waals surface area contributed by atoms with Crippen molar-refractivity contribution in [1.82, 2.24) is 5.32 Å². The fraction of sp³-hybridized carbons (Fsp3) is 1.00. The normalized spacial score (nSPS) is 36.2. The molecule has 1 heterocycles. The first-order chi connectivity index (χ1) is 6.88. The Labute approximate surface area is 98.3 Å². The quantitative estimate of drug-likeness (QED) is 0.809. The molecule has 3 atom stereocenters. The summed E-state index contributed by atoms with van der Waals surface area (Å²) >= 11 is 0. The van der Waals surface area contributed by atoms with E-state index in [0.29, 0.717) is 18.3 Å². The van der Waals surface area contributed by atoms with E-state index in [1.807, 2.05) is 7.11 Å². The van der Waals surface area contributed by atoms with Crippen LogP contribution in [0.25, 0.3) is 0 Å². The van der Waals surface area contributed by atoms with Crippen LogP contribution in [0.5, 0.6) is 0 Å². The van der Waals surface area contributed by atoms with Crippen LogP contribution in [0.3, 0.4) is 0 Å². The van der Waals surface area contributed by atoms with E-state index in [-0.39, 0.29) is 12.4 Å². The zero-order valence-electron chi connectivity index (χ0n) is 9.41. The van der Waals surface area contributed by atoms with Crippen LogP contribution < -0.4 is 5.32 Å². The fourth-order valence-corrected chi connectivity index (χ4v) is 2.46. The van der Waals surface area contributed by atoms with Crippen LogP contribution in [0.15, 0.2) is 0 Å². The Morgan fingerprint density at radius 3 is 2.53 bits per heavy atom. The summed E-state index contributed by atoms with van der Waals surface area (Å²) in [7, 11) is 1.81. The molecule has 3 unspecified atom stereocenters. The lowest BCUT2D eigenvalue weighted by atomic mass is 9.95. The van der Waals surface area contributed by atoms with Gasteiger partial charge in [0.05, 0.1) is 18.3 Å². The summed E-state index contributed by atoms with van der Waals surface area (Å²) in [5.41, 5.74) is 0. The smallest absolute Gasteiger partial charge is 0.0715 e. The molecule has 1 saturated heterocycles. The third-order valence-corrected chi connectivity index (χ3v) is 3.31. The molecule has 3 nitrogen and oxygen atoms in total. The second-order valence-corrected chi connectivity index (χ2v) is 4.40. The molecule has 2 fully saturated rings. The highest BCUT2D eigenvalue weighted by Gasteiger charge is 2.26. The molecule has 2 rings (SSSR count). The molecule has 0 spiro atoms. The van der Waals surface area contributed by atoms with Crippen LogP contribution in [0, 0.1) is 0 Å². The summed E-state index contributed by atoms with van der Waals surface area (Å²) in [5, 5.41) is 3.33. The largest absolute Gasteiger partial charge is 0.381 e. The van der Waals surface area contributed by atoms with E-state index in [2.05, 4.69) is 5.32 Å². The highest BCUT2D eigenvalue weighted by atomic mass is 35.5. The average molecular weight is 236 g/mol. The lowest BCUT2D eigenvalue weighted by Gasteiger charge is -2.30. The van der Waals surface area contributed by atoms with Gasteiger partial charge in [0.1, 0.15) is 0 Å². The van der Waals surface area contributed by atoms with Crippen molar-refractivity contribution < 1.29 is 9.47 Å². The van der Waals surface area contributed by atoms with E-state index >= 15 is 0 Å². The molecule has 0 aromatic heterocycles. The van der Waals surface area contributed by atoms with Crippen molar-refractivity contribution in [2.24, 2.45) is 0 Å². The minimum absolute atomic E-state index is 0. The van der Waals surface area contributed by atoms with E-state index in [1.165, 1.54) is 25.7 Å². The molecule has 1 saturated carbocycles. The zero-order valence-corrected chi connectivity index (χ0v) is 10.2. The van der Waals surface area contributed by atoms with Crippen LogP contribution in [0.4, 0.5) is 0 Å². The van der Waals surface area contributed by atoms with Gasteiger partial charge in [-0.15, -0.1) is 12.4 Å². The van der Waals surface area contributed by atoms with Crippen LogP contribution >= 0.6 is 12.4 Å². The lowest BCUT2D eigenvalue weighted by molar-refractivity contribution is -0.0581. The monoisotopic (exact) mass is 235 g/mol. The highest BCUT2D eigenvalue weighted by Crippen LogP contribution is 2.24. The molecule has 15 heavy (non-hydrogen) atoms. The van der Waals surface area contributed by atoms with Gasteiger partial charge in [-0.3, -0.25) is 0 Å². The van der Waals surface area contributed by atoms with Gasteiger partial charge in [-0.2, -0.15) is 0 Å². The van der Waals surface area contributed by atoms with E-state index in [0.717, 1.165) is 19.5 Å². The molecule has 0 bridgehead atoms. The van der Waals surface area contributed by atoms with Gasteiger partial charge in [0.2, 0.25) is 0 Å². The van der Waals surface area contributed by atoms with Gasteiger partial charge >= 0.3 is 0 Å². The van der Waals surface area contributed by atoms with Crippen molar-refractivity contribution in [3.63, 3.8) is 0 Å². The third-order valence-electron chi connectivity index (χ3n) is 3.31. The Morgan fingerprint density at radius 1 is 1.07 bits per heavy atom. The highest BCUT2D eigenvalue weighted by molar-refractivity contribution is 5.85. The van der Waals surface area contributed by atoms with Gasteiger partial charge < -0.3 is 14.8 Å². The van der Waals surface area contributed by atoms with Crippen molar-refractivity contribution in [3.05, 3.63) is 0 Å². The first kappa shape index (κ1) is 13.2. The molecule has 0 aromatic rings. The van der Waals surface area contributed by atoms with E-state index in [1.54, 1.807) is 0 Å². The second kappa shape index (κ2) is 6.69. The van der Waals surface area contributed by atoms with Crippen LogP contribution in [-0.2, 0) is 9.47 Å².